The van der Waals surface area contributed by atoms with Crippen LogP contribution in [0.3, 0.4) is 0 Å². The number of benzene rings is 3. The molecule has 0 bridgehead atoms. The Morgan fingerprint density at radius 3 is 2.74 bits per heavy atom. The highest BCUT2D eigenvalue weighted by Gasteiger charge is 2.13. The molecule has 0 amide bonds. The molecule has 3 aromatic carbocycles. The lowest BCUT2D eigenvalue weighted by atomic mass is 10.0. The third kappa shape index (κ3) is 3.78. The number of nitrogens with zero attached hydrogens (tertiary/aromatic N) is 2. The Bertz CT molecular complexity index is 1470. The van der Waals surface area contributed by atoms with Crippen LogP contribution in [-0.4, -0.2) is 18.3 Å². The fraction of sp³-hybridized carbons (Fsp3) is 0.0417. The van der Waals surface area contributed by atoms with Crippen molar-refractivity contribution in [1.29, 1.82) is 0 Å². The average molecular weight is 427 g/mol. The van der Waals surface area contributed by atoms with E-state index < -0.39 is 5.63 Å². The predicted octanol–water partition coefficient (Wildman–Crippen LogP) is 5.52. The molecular formula is C24H17N3O3S. The van der Waals surface area contributed by atoms with Gasteiger partial charge in [0.15, 0.2) is 0 Å². The van der Waals surface area contributed by atoms with Gasteiger partial charge in [-0.2, -0.15) is 5.10 Å². The zero-order chi connectivity index (χ0) is 21.2. The lowest BCUT2D eigenvalue weighted by Gasteiger charge is -2.04. The second-order valence-electron chi connectivity index (χ2n) is 6.83. The van der Waals surface area contributed by atoms with Crippen LogP contribution in [0.1, 0.15) is 5.56 Å². The Morgan fingerprint density at radius 2 is 1.90 bits per heavy atom. The number of hydrogen-bond donors (Lipinski definition) is 1. The van der Waals surface area contributed by atoms with E-state index in [1.165, 1.54) is 11.3 Å². The highest BCUT2D eigenvalue weighted by Crippen LogP contribution is 2.29. The van der Waals surface area contributed by atoms with Gasteiger partial charge in [0.1, 0.15) is 11.3 Å². The van der Waals surface area contributed by atoms with Gasteiger partial charge < -0.3 is 9.15 Å². The molecule has 5 rings (SSSR count). The van der Waals surface area contributed by atoms with E-state index in [9.17, 15) is 4.79 Å². The van der Waals surface area contributed by atoms with Crippen LogP contribution in [0.5, 0.6) is 5.75 Å². The van der Waals surface area contributed by atoms with E-state index in [4.69, 9.17) is 9.15 Å². The lowest BCUT2D eigenvalue weighted by molar-refractivity contribution is 0.415. The third-order valence-corrected chi connectivity index (χ3v) is 5.66. The lowest BCUT2D eigenvalue weighted by Crippen LogP contribution is -2.03. The maximum atomic E-state index is 12.6. The number of rotatable bonds is 5. The first-order chi connectivity index (χ1) is 15.2. The van der Waals surface area contributed by atoms with Crippen LogP contribution < -0.4 is 15.8 Å². The molecule has 0 spiro atoms. The van der Waals surface area contributed by atoms with Gasteiger partial charge in [-0.05, 0) is 52.7 Å². The number of hydrazone groups is 1. The molecule has 0 atom stereocenters. The molecule has 0 fully saturated rings. The van der Waals surface area contributed by atoms with Crippen LogP contribution in [-0.2, 0) is 0 Å². The van der Waals surface area contributed by atoms with Gasteiger partial charge in [0.2, 0.25) is 5.13 Å². The molecule has 0 saturated heterocycles. The largest absolute Gasteiger partial charge is 0.497 e. The minimum atomic E-state index is -0.415. The zero-order valence-electron chi connectivity index (χ0n) is 16.5. The Hall–Kier alpha value is -3.97. The summed E-state index contributed by atoms with van der Waals surface area (Å²) >= 11 is 1.37. The summed E-state index contributed by atoms with van der Waals surface area (Å²) in [6.07, 6.45) is 1.69. The molecule has 2 heterocycles. The van der Waals surface area contributed by atoms with E-state index in [1.54, 1.807) is 13.3 Å². The van der Waals surface area contributed by atoms with Crippen molar-refractivity contribution in [1.82, 2.24) is 4.98 Å². The minimum absolute atomic E-state index is 0.415. The maximum Gasteiger partial charge on any atom is 0.345 e. The summed E-state index contributed by atoms with van der Waals surface area (Å²) in [6.45, 7) is 0. The monoisotopic (exact) mass is 427 g/mol. The summed E-state index contributed by atoms with van der Waals surface area (Å²) in [5.41, 5.74) is 4.95. The number of hydrogen-bond acceptors (Lipinski definition) is 7. The van der Waals surface area contributed by atoms with Crippen molar-refractivity contribution in [3.8, 4) is 17.0 Å². The summed E-state index contributed by atoms with van der Waals surface area (Å²) in [7, 11) is 1.63. The number of fused-ring (bicyclic) bond motifs is 3. The Morgan fingerprint density at radius 1 is 1.06 bits per heavy atom. The second kappa shape index (κ2) is 8.04. The van der Waals surface area contributed by atoms with E-state index in [2.05, 4.69) is 15.5 Å². The minimum Gasteiger partial charge on any atom is -0.497 e. The topological polar surface area (TPSA) is 76.7 Å². The number of methoxy groups -OCH3 is 1. The van der Waals surface area contributed by atoms with Crippen molar-refractivity contribution < 1.29 is 9.15 Å². The van der Waals surface area contributed by atoms with Gasteiger partial charge in [-0.15, -0.1) is 11.3 Å². The van der Waals surface area contributed by atoms with Crippen molar-refractivity contribution in [2.24, 2.45) is 5.10 Å². The van der Waals surface area contributed by atoms with Gasteiger partial charge >= 0.3 is 5.63 Å². The highest BCUT2D eigenvalue weighted by atomic mass is 32.1. The van der Waals surface area contributed by atoms with E-state index in [1.807, 2.05) is 72.1 Å². The number of thiazole rings is 1. The number of ether oxygens (including phenoxy) is 1. The number of anilines is 1. The molecule has 5 aromatic rings. The van der Waals surface area contributed by atoms with Crippen LogP contribution in [0, 0.1) is 0 Å². The molecule has 0 aliphatic carbocycles. The molecule has 152 valence electrons. The van der Waals surface area contributed by atoms with Crippen LogP contribution >= 0.6 is 11.3 Å². The normalized spacial score (nSPS) is 11.4. The van der Waals surface area contributed by atoms with Crippen LogP contribution in [0.25, 0.3) is 33.0 Å². The summed E-state index contributed by atoms with van der Waals surface area (Å²) in [5, 5.41) is 9.61. The first-order valence-electron chi connectivity index (χ1n) is 9.56. The van der Waals surface area contributed by atoms with Crippen LogP contribution in [0.2, 0.25) is 0 Å². The Balaban J connectivity index is 1.43. The van der Waals surface area contributed by atoms with E-state index >= 15 is 0 Å². The van der Waals surface area contributed by atoms with Crippen molar-refractivity contribution in [2.45, 2.75) is 0 Å². The molecule has 2 aromatic heterocycles. The second-order valence-corrected chi connectivity index (χ2v) is 7.69. The third-order valence-electron chi connectivity index (χ3n) is 4.91. The summed E-state index contributed by atoms with van der Waals surface area (Å²) < 4.78 is 10.7. The van der Waals surface area contributed by atoms with E-state index in [0.29, 0.717) is 22.0 Å². The maximum absolute atomic E-state index is 12.6. The van der Waals surface area contributed by atoms with Gasteiger partial charge in [0, 0.05) is 10.8 Å². The molecular weight excluding hydrogens is 410 g/mol. The van der Waals surface area contributed by atoms with Gasteiger partial charge in [-0.3, -0.25) is 5.43 Å². The fourth-order valence-electron chi connectivity index (χ4n) is 3.35. The summed E-state index contributed by atoms with van der Waals surface area (Å²) in [6, 6.07) is 21.2. The molecule has 6 nitrogen and oxygen atoms in total. The molecule has 31 heavy (non-hydrogen) atoms. The first-order valence-corrected chi connectivity index (χ1v) is 10.4. The standard InChI is InChI=1S/C24H17N3O3S/c1-29-17-9-6-15(7-10-17)13-25-27-24-26-21(14-31-24)20-12-19-18-5-3-2-4-16(18)8-11-22(19)30-23(20)28/h2-14H,1H3,(H,26,27)/b25-13-. The fourth-order valence-corrected chi connectivity index (χ4v) is 4.01. The molecule has 1 N–H and O–H groups in total. The van der Waals surface area contributed by atoms with Crippen molar-refractivity contribution in [3.05, 3.63) is 88.1 Å². The first kappa shape index (κ1) is 19.0. The van der Waals surface area contributed by atoms with Crippen molar-refractivity contribution in [2.75, 3.05) is 12.5 Å². The molecule has 0 unspecified atom stereocenters. The van der Waals surface area contributed by atoms with Crippen LogP contribution in [0.15, 0.2) is 86.4 Å². The molecule has 0 radical (unpaired) electrons. The number of nitrogens with one attached hydrogen (secondary N) is 1. The van der Waals surface area contributed by atoms with Crippen LogP contribution in [0.4, 0.5) is 5.13 Å². The van der Waals surface area contributed by atoms with E-state index in [-0.39, 0.29) is 0 Å². The average Bonchev–Trinajstić information content (AvgIpc) is 3.27. The summed E-state index contributed by atoms with van der Waals surface area (Å²) in [5.74, 6) is 0.789. The molecule has 0 saturated carbocycles. The Kier molecular flexibility index (Phi) is 4.93. The summed E-state index contributed by atoms with van der Waals surface area (Å²) in [4.78, 5) is 17.1. The van der Waals surface area contributed by atoms with Gasteiger partial charge in [-0.1, -0.05) is 30.3 Å². The molecule has 7 heteroatoms. The molecule has 0 aliphatic heterocycles. The van der Waals surface area contributed by atoms with Crippen molar-refractivity contribution in [3.63, 3.8) is 0 Å². The smallest absolute Gasteiger partial charge is 0.345 e. The van der Waals surface area contributed by atoms with E-state index in [0.717, 1.165) is 27.5 Å². The SMILES string of the molecule is COc1ccc(/C=N\Nc2nc(-c3cc4c(ccc5ccccc54)oc3=O)cs2)cc1. The van der Waals surface area contributed by atoms with Gasteiger partial charge in [-0.25, -0.2) is 9.78 Å². The quantitative estimate of drug-likeness (QED) is 0.173. The molecule has 0 aliphatic rings. The Labute approximate surface area is 181 Å². The van der Waals surface area contributed by atoms with Gasteiger partial charge in [0.25, 0.3) is 0 Å². The van der Waals surface area contributed by atoms with Gasteiger partial charge in [0.05, 0.1) is 24.6 Å². The van der Waals surface area contributed by atoms with Crippen molar-refractivity contribution >= 4 is 44.4 Å². The predicted molar refractivity (Wildman–Crippen MR) is 125 cm³/mol. The zero-order valence-corrected chi connectivity index (χ0v) is 17.3. The highest BCUT2D eigenvalue weighted by molar-refractivity contribution is 7.14. The number of aromatic nitrogens is 1.